The Morgan fingerprint density at radius 3 is 2.32 bits per heavy atom. The average Bonchev–Trinajstić information content (AvgIpc) is 2.69. The minimum atomic E-state index is -0.124. The maximum Gasteiger partial charge on any atom is 0.251 e. The van der Waals surface area contributed by atoms with E-state index in [-0.39, 0.29) is 16.8 Å². The number of aromatic nitrogens is 2. The van der Waals surface area contributed by atoms with Crippen molar-refractivity contribution >= 4 is 5.69 Å². The zero-order valence-electron chi connectivity index (χ0n) is 15.5. The largest absolute Gasteiger partial charge is 0.508 e. The summed E-state index contributed by atoms with van der Waals surface area (Å²) in [6.45, 7) is 4.26. The molecule has 28 heavy (non-hydrogen) atoms. The van der Waals surface area contributed by atoms with Crippen LogP contribution >= 0.6 is 0 Å². The van der Waals surface area contributed by atoms with Crippen molar-refractivity contribution in [1.82, 2.24) is 14.9 Å². The molecule has 0 spiro atoms. The summed E-state index contributed by atoms with van der Waals surface area (Å²) < 4.78 is 0. The van der Waals surface area contributed by atoms with E-state index in [1.54, 1.807) is 18.2 Å². The van der Waals surface area contributed by atoms with Crippen LogP contribution in [-0.4, -0.2) is 51.6 Å². The van der Waals surface area contributed by atoms with Crippen molar-refractivity contribution in [2.45, 2.75) is 6.54 Å². The first-order valence-corrected chi connectivity index (χ1v) is 9.09. The summed E-state index contributed by atoms with van der Waals surface area (Å²) in [5.41, 5.74) is 2.69. The SMILES string of the molecule is O.O=c1cc(CN2CCN(c3ccc(O)cc3)CC2)nc(-c2ccccc2)[nH]1. The highest BCUT2D eigenvalue weighted by atomic mass is 16.3. The number of anilines is 1. The van der Waals surface area contributed by atoms with Gasteiger partial charge in [-0.2, -0.15) is 0 Å². The van der Waals surface area contributed by atoms with E-state index in [4.69, 9.17) is 0 Å². The minimum Gasteiger partial charge on any atom is -0.508 e. The van der Waals surface area contributed by atoms with Crippen LogP contribution in [0.1, 0.15) is 5.69 Å². The van der Waals surface area contributed by atoms with Crippen LogP contribution in [0.4, 0.5) is 5.69 Å². The number of aromatic amines is 1. The Morgan fingerprint density at radius 1 is 0.964 bits per heavy atom. The van der Waals surface area contributed by atoms with Crippen LogP contribution in [-0.2, 0) is 6.54 Å². The predicted molar refractivity (Wildman–Crippen MR) is 110 cm³/mol. The first-order chi connectivity index (χ1) is 13.2. The Kier molecular flexibility index (Phi) is 6.08. The maximum absolute atomic E-state index is 12.0. The lowest BCUT2D eigenvalue weighted by atomic mass is 10.2. The molecule has 0 radical (unpaired) electrons. The number of hydrogen-bond acceptors (Lipinski definition) is 5. The number of benzene rings is 2. The predicted octanol–water partition coefficient (Wildman–Crippen LogP) is 1.64. The molecule has 0 saturated carbocycles. The third-order valence-corrected chi connectivity index (χ3v) is 4.81. The molecule has 0 atom stereocenters. The van der Waals surface area contributed by atoms with Crippen molar-refractivity contribution in [2.75, 3.05) is 31.1 Å². The van der Waals surface area contributed by atoms with Crippen molar-refractivity contribution in [2.24, 2.45) is 0 Å². The van der Waals surface area contributed by atoms with E-state index in [9.17, 15) is 9.90 Å². The molecule has 1 fully saturated rings. The summed E-state index contributed by atoms with van der Waals surface area (Å²) in [7, 11) is 0. The number of phenolic OH excluding ortho intramolecular Hbond substituents is 1. The number of hydrogen-bond donors (Lipinski definition) is 2. The monoisotopic (exact) mass is 380 g/mol. The number of piperazine rings is 1. The quantitative estimate of drug-likeness (QED) is 0.716. The summed E-state index contributed by atoms with van der Waals surface area (Å²) in [4.78, 5) is 24.1. The standard InChI is InChI=1S/C21H22N4O2.H2O/c26-19-8-6-18(7-9-19)25-12-10-24(11-13-25)15-17-14-20(27)23-21(22-17)16-4-2-1-3-5-16;/h1-9,14,26H,10-13,15H2,(H,22,23,27);1H2. The topological polar surface area (TPSA) is 104 Å². The molecule has 3 aromatic rings. The van der Waals surface area contributed by atoms with Gasteiger partial charge in [0.2, 0.25) is 0 Å². The molecule has 1 saturated heterocycles. The lowest BCUT2D eigenvalue weighted by Crippen LogP contribution is -2.46. The van der Waals surface area contributed by atoms with Crippen molar-refractivity contribution in [1.29, 1.82) is 0 Å². The van der Waals surface area contributed by atoms with Crippen molar-refractivity contribution in [3.63, 3.8) is 0 Å². The van der Waals surface area contributed by atoms with E-state index in [0.717, 1.165) is 43.1 Å². The highest BCUT2D eigenvalue weighted by Gasteiger charge is 2.18. The second-order valence-electron chi connectivity index (χ2n) is 6.73. The Labute approximate surface area is 163 Å². The molecule has 1 aliphatic rings. The van der Waals surface area contributed by atoms with Gasteiger partial charge < -0.3 is 20.5 Å². The fourth-order valence-corrected chi connectivity index (χ4v) is 3.38. The van der Waals surface area contributed by atoms with Crippen LogP contribution in [0.15, 0.2) is 65.5 Å². The third kappa shape index (κ3) is 4.57. The number of nitrogens with zero attached hydrogens (tertiary/aromatic N) is 3. The summed E-state index contributed by atoms with van der Waals surface area (Å²) in [5.74, 6) is 0.896. The number of phenols is 1. The highest BCUT2D eigenvalue weighted by molar-refractivity contribution is 5.54. The molecule has 146 valence electrons. The molecule has 0 unspecified atom stereocenters. The molecule has 4 N–H and O–H groups in total. The Bertz CT molecular complexity index is 949. The van der Waals surface area contributed by atoms with Crippen LogP contribution < -0.4 is 10.5 Å². The van der Waals surface area contributed by atoms with E-state index in [1.165, 1.54) is 0 Å². The summed E-state index contributed by atoms with van der Waals surface area (Å²) >= 11 is 0. The van der Waals surface area contributed by atoms with Crippen molar-refractivity contribution in [3.05, 3.63) is 76.7 Å². The lowest BCUT2D eigenvalue weighted by molar-refractivity contribution is 0.247. The van der Waals surface area contributed by atoms with Gasteiger partial charge in [0, 0.05) is 50.0 Å². The third-order valence-electron chi connectivity index (χ3n) is 4.81. The van der Waals surface area contributed by atoms with Gasteiger partial charge in [0.05, 0.1) is 5.69 Å². The van der Waals surface area contributed by atoms with Crippen molar-refractivity contribution < 1.29 is 10.6 Å². The Hall–Kier alpha value is -3.16. The van der Waals surface area contributed by atoms with Crippen LogP contribution in [0.3, 0.4) is 0 Å². The zero-order chi connectivity index (χ0) is 18.6. The number of H-pyrrole nitrogens is 1. The van der Waals surface area contributed by atoms with Gasteiger partial charge in [-0.15, -0.1) is 0 Å². The molecule has 0 bridgehead atoms. The Balaban J connectivity index is 0.00000225. The number of nitrogens with one attached hydrogen (secondary N) is 1. The lowest BCUT2D eigenvalue weighted by Gasteiger charge is -2.36. The van der Waals surface area contributed by atoms with E-state index in [0.29, 0.717) is 12.4 Å². The minimum absolute atomic E-state index is 0. The summed E-state index contributed by atoms with van der Waals surface area (Å²) in [5, 5.41) is 9.43. The van der Waals surface area contributed by atoms with Gasteiger partial charge in [-0.05, 0) is 24.3 Å². The van der Waals surface area contributed by atoms with Gasteiger partial charge in [-0.3, -0.25) is 9.69 Å². The number of aromatic hydroxyl groups is 1. The molecule has 0 aliphatic carbocycles. The summed E-state index contributed by atoms with van der Waals surface area (Å²) in [6.07, 6.45) is 0. The molecule has 1 aromatic heterocycles. The van der Waals surface area contributed by atoms with E-state index in [1.807, 2.05) is 42.5 Å². The Morgan fingerprint density at radius 2 is 1.64 bits per heavy atom. The zero-order valence-corrected chi connectivity index (χ0v) is 15.5. The first-order valence-electron chi connectivity index (χ1n) is 9.09. The fourth-order valence-electron chi connectivity index (χ4n) is 3.38. The molecule has 7 nitrogen and oxygen atoms in total. The van der Waals surface area contributed by atoms with E-state index < -0.39 is 0 Å². The smallest absolute Gasteiger partial charge is 0.251 e. The molecular formula is C21H24N4O3. The van der Waals surface area contributed by atoms with E-state index >= 15 is 0 Å². The second kappa shape index (κ2) is 8.69. The normalized spacial score (nSPS) is 14.5. The molecule has 2 aromatic carbocycles. The molecule has 7 heteroatoms. The van der Waals surface area contributed by atoms with Crippen LogP contribution in [0.25, 0.3) is 11.4 Å². The second-order valence-corrected chi connectivity index (χ2v) is 6.73. The van der Waals surface area contributed by atoms with E-state index in [2.05, 4.69) is 19.8 Å². The average molecular weight is 380 g/mol. The van der Waals surface area contributed by atoms with Crippen LogP contribution in [0, 0.1) is 0 Å². The van der Waals surface area contributed by atoms with Gasteiger partial charge in [0.25, 0.3) is 5.56 Å². The molecule has 0 amide bonds. The molecule has 2 heterocycles. The highest BCUT2D eigenvalue weighted by Crippen LogP contribution is 2.20. The van der Waals surface area contributed by atoms with Gasteiger partial charge in [-0.25, -0.2) is 4.98 Å². The van der Waals surface area contributed by atoms with Crippen molar-refractivity contribution in [3.8, 4) is 17.1 Å². The molecule has 1 aliphatic heterocycles. The van der Waals surface area contributed by atoms with Crippen LogP contribution in [0.5, 0.6) is 5.75 Å². The summed E-state index contributed by atoms with van der Waals surface area (Å²) in [6, 6.07) is 18.6. The van der Waals surface area contributed by atoms with Gasteiger partial charge in [0.15, 0.2) is 0 Å². The maximum atomic E-state index is 12.0. The molecule has 4 rings (SSSR count). The van der Waals surface area contributed by atoms with Crippen LogP contribution in [0.2, 0.25) is 0 Å². The van der Waals surface area contributed by atoms with Gasteiger partial charge in [0.1, 0.15) is 11.6 Å². The van der Waals surface area contributed by atoms with Gasteiger partial charge in [-0.1, -0.05) is 30.3 Å². The first kappa shape index (κ1) is 19.6. The number of rotatable bonds is 4. The van der Waals surface area contributed by atoms with Gasteiger partial charge >= 0.3 is 0 Å². The fraction of sp³-hybridized carbons (Fsp3) is 0.238. The molecular weight excluding hydrogens is 356 g/mol.